The van der Waals surface area contributed by atoms with E-state index < -0.39 is 0 Å². The van der Waals surface area contributed by atoms with Crippen molar-refractivity contribution >= 4 is 0 Å². The molecular formula is C18H31N3. The Kier molecular flexibility index (Phi) is 4.68. The lowest BCUT2D eigenvalue weighted by Gasteiger charge is -2.35. The van der Waals surface area contributed by atoms with Gasteiger partial charge < -0.3 is 5.32 Å². The molecule has 3 atom stereocenters. The van der Waals surface area contributed by atoms with Crippen molar-refractivity contribution in [2.24, 2.45) is 17.8 Å². The molecule has 2 saturated carbocycles. The topological polar surface area (TPSA) is 29.9 Å². The van der Waals surface area contributed by atoms with Gasteiger partial charge >= 0.3 is 0 Å². The second-order valence-electron chi connectivity index (χ2n) is 7.71. The number of hydrogen-bond acceptors (Lipinski definition) is 2. The first-order chi connectivity index (χ1) is 10.1. The second kappa shape index (κ2) is 6.51. The molecule has 2 aliphatic carbocycles. The zero-order chi connectivity index (χ0) is 14.8. The summed E-state index contributed by atoms with van der Waals surface area (Å²) in [6, 6.07) is 3.53. The average molecular weight is 289 g/mol. The molecule has 1 aromatic rings. The van der Waals surface area contributed by atoms with Crippen molar-refractivity contribution in [3.63, 3.8) is 0 Å². The van der Waals surface area contributed by atoms with Crippen molar-refractivity contribution in [3.05, 3.63) is 18.0 Å². The van der Waals surface area contributed by atoms with Gasteiger partial charge in [0, 0.05) is 18.3 Å². The monoisotopic (exact) mass is 289 g/mol. The van der Waals surface area contributed by atoms with Crippen molar-refractivity contribution in [2.75, 3.05) is 6.54 Å². The van der Waals surface area contributed by atoms with Gasteiger partial charge in [-0.25, -0.2) is 0 Å². The lowest BCUT2D eigenvalue weighted by molar-refractivity contribution is 0.182. The summed E-state index contributed by atoms with van der Waals surface area (Å²) in [5.41, 5.74) is 1.29. The van der Waals surface area contributed by atoms with Crippen LogP contribution in [0, 0.1) is 17.8 Å². The van der Waals surface area contributed by atoms with E-state index in [2.05, 4.69) is 43.0 Å². The molecule has 0 aliphatic heterocycles. The van der Waals surface area contributed by atoms with E-state index in [-0.39, 0.29) is 0 Å². The fraction of sp³-hybridized carbons (Fsp3) is 0.833. The Morgan fingerprint density at radius 1 is 1.24 bits per heavy atom. The minimum absolute atomic E-state index is 0.469. The molecule has 3 heteroatoms. The Morgan fingerprint density at radius 2 is 2.05 bits per heavy atom. The lowest BCUT2D eigenvalue weighted by atomic mass is 9.72. The van der Waals surface area contributed by atoms with Crippen LogP contribution in [0.5, 0.6) is 0 Å². The largest absolute Gasteiger partial charge is 0.314 e. The van der Waals surface area contributed by atoms with Crippen molar-refractivity contribution in [3.8, 4) is 0 Å². The highest BCUT2D eigenvalue weighted by molar-refractivity contribution is 5.02. The first kappa shape index (κ1) is 15.1. The first-order valence-corrected chi connectivity index (χ1v) is 8.89. The molecular weight excluding hydrogens is 258 g/mol. The SMILES string of the molecule is CC1CCC(CNC2CC2)C(Cc2ccn(C(C)C)n2)C1. The number of nitrogens with one attached hydrogen (secondary N) is 1. The van der Waals surface area contributed by atoms with Crippen molar-refractivity contribution in [1.29, 1.82) is 0 Å². The Bertz CT molecular complexity index is 447. The Balaban J connectivity index is 1.60. The molecule has 0 amide bonds. The summed E-state index contributed by atoms with van der Waals surface area (Å²) in [5, 5.41) is 8.52. The molecule has 0 aromatic carbocycles. The maximum Gasteiger partial charge on any atom is 0.0627 e. The molecule has 3 unspecified atom stereocenters. The van der Waals surface area contributed by atoms with Gasteiger partial charge in [0.15, 0.2) is 0 Å². The first-order valence-electron chi connectivity index (χ1n) is 8.89. The zero-order valence-electron chi connectivity index (χ0n) is 13.9. The molecule has 3 nitrogen and oxygen atoms in total. The van der Waals surface area contributed by atoms with E-state index in [4.69, 9.17) is 5.10 Å². The van der Waals surface area contributed by atoms with Crippen LogP contribution in [-0.4, -0.2) is 22.4 Å². The van der Waals surface area contributed by atoms with Gasteiger partial charge in [-0.2, -0.15) is 5.10 Å². The maximum atomic E-state index is 4.77. The summed E-state index contributed by atoms with van der Waals surface area (Å²) in [4.78, 5) is 0. The lowest BCUT2D eigenvalue weighted by Crippen LogP contribution is -2.34. The average Bonchev–Trinajstić information content (AvgIpc) is 3.15. The van der Waals surface area contributed by atoms with Crippen molar-refractivity contribution in [1.82, 2.24) is 15.1 Å². The van der Waals surface area contributed by atoms with Crippen LogP contribution >= 0.6 is 0 Å². The predicted octanol–water partition coefficient (Wildman–Crippen LogP) is 3.81. The normalized spacial score (nSPS) is 30.0. The van der Waals surface area contributed by atoms with Gasteiger partial charge in [-0.15, -0.1) is 0 Å². The predicted molar refractivity (Wildman–Crippen MR) is 87.3 cm³/mol. The fourth-order valence-corrected chi connectivity index (χ4v) is 3.73. The molecule has 1 aromatic heterocycles. The fourth-order valence-electron chi connectivity index (χ4n) is 3.73. The Hall–Kier alpha value is -0.830. The van der Waals surface area contributed by atoms with E-state index in [1.807, 2.05) is 0 Å². The van der Waals surface area contributed by atoms with Crippen LogP contribution in [0.1, 0.15) is 64.6 Å². The highest BCUT2D eigenvalue weighted by atomic mass is 15.3. The van der Waals surface area contributed by atoms with E-state index in [1.165, 1.54) is 50.8 Å². The van der Waals surface area contributed by atoms with Gasteiger partial charge in [0.2, 0.25) is 0 Å². The van der Waals surface area contributed by atoms with Crippen molar-refractivity contribution in [2.45, 2.75) is 71.4 Å². The van der Waals surface area contributed by atoms with E-state index >= 15 is 0 Å². The summed E-state index contributed by atoms with van der Waals surface area (Å²) in [7, 11) is 0. The van der Waals surface area contributed by atoms with E-state index in [0.717, 1.165) is 23.8 Å². The van der Waals surface area contributed by atoms with E-state index in [0.29, 0.717) is 6.04 Å². The summed E-state index contributed by atoms with van der Waals surface area (Å²) in [5.74, 6) is 2.56. The summed E-state index contributed by atoms with van der Waals surface area (Å²) >= 11 is 0. The van der Waals surface area contributed by atoms with Crippen LogP contribution in [0.4, 0.5) is 0 Å². The van der Waals surface area contributed by atoms with Crippen LogP contribution in [0.3, 0.4) is 0 Å². The number of hydrogen-bond donors (Lipinski definition) is 1. The van der Waals surface area contributed by atoms with Gasteiger partial charge in [0.25, 0.3) is 0 Å². The molecule has 1 N–H and O–H groups in total. The molecule has 118 valence electrons. The van der Waals surface area contributed by atoms with Crippen LogP contribution in [0.25, 0.3) is 0 Å². The highest BCUT2D eigenvalue weighted by Crippen LogP contribution is 2.36. The minimum Gasteiger partial charge on any atom is -0.314 e. The van der Waals surface area contributed by atoms with Crippen molar-refractivity contribution < 1.29 is 0 Å². The van der Waals surface area contributed by atoms with Crippen LogP contribution in [0.2, 0.25) is 0 Å². The zero-order valence-corrected chi connectivity index (χ0v) is 13.9. The smallest absolute Gasteiger partial charge is 0.0627 e. The number of aromatic nitrogens is 2. The van der Waals surface area contributed by atoms with Gasteiger partial charge in [-0.1, -0.05) is 13.3 Å². The van der Waals surface area contributed by atoms with Gasteiger partial charge in [-0.3, -0.25) is 4.68 Å². The molecule has 1 heterocycles. The standard InChI is InChI=1S/C18H31N3/c1-13(2)21-9-8-18(20-21)11-16-10-14(3)4-5-15(16)12-19-17-6-7-17/h8-9,13-17,19H,4-7,10-12H2,1-3H3. The molecule has 0 spiro atoms. The summed E-state index contributed by atoms with van der Waals surface area (Å²) in [6.45, 7) is 8.04. The molecule has 21 heavy (non-hydrogen) atoms. The third-order valence-corrected chi connectivity index (χ3v) is 5.31. The molecule has 0 radical (unpaired) electrons. The summed E-state index contributed by atoms with van der Waals surface area (Å²) in [6.07, 6.45) is 10.3. The highest BCUT2D eigenvalue weighted by Gasteiger charge is 2.31. The third-order valence-electron chi connectivity index (χ3n) is 5.31. The Labute approximate surface area is 129 Å². The molecule has 2 aliphatic rings. The number of nitrogens with zero attached hydrogens (tertiary/aromatic N) is 2. The quantitative estimate of drug-likeness (QED) is 0.863. The van der Waals surface area contributed by atoms with Crippen LogP contribution in [-0.2, 0) is 6.42 Å². The van der Waals surface area contributed by atoms with Gasteiger partial charge in [-0.05, 0) is 76.3 Å². The van der Waals surface area contributed by atoms with Gasteiger partial charge in [0.05, 0.1) is 5.69 Å². The van der Waals surface area contributed by atoms with E-state index in [1.54, 1.807) is 0 Å². The summed E-state index contributed by atoms with van der Waals surface area (Å²) < 4.78 is 2.10. The third kappa shape index (κ3) is 4.09. The molecule has 2 fully saturated rings. The second-order valence-corrected chi connectivity index (χ2v) is 7.71. The van der Waals surface area contributed by atoms with E-state index in [9.17, 15) is 0 Å². The van der Waals surface area contributed by atoms with Gasteiger partial charge in [0.1, 0.15) is 0 Å². The van der Waals surface area contributed by atoms with Crippen LogP contribution < -0.4 is 5.32 Å². The van der Waals surface area contributed by atoms with Crippen LogP contribution in [0.15, 0.2) is 12.3 Å². The maximum absolute atomic E-state index is 4.77. The minimum atomic E-state index is 0.469. The molecule has 0 saturated heterocycles. The number of rotatable bonds is 6. The molecule has 3 rings (SSSR count). The Morgan fingerprint density at radius 3 is 2.71 bits per heavy atom. The molecule has 0 bridgehead atoms.